The topological polar surface area (TPSA) is 0 Å². The van der Waals surface area contributed by atoms with E-state index in [1.54, 1.807) is 0 Å². The Morgan fingerprint density at radius 1 is 0.364 bits per heavy atom. The summed E-state index contributed by atoms with van der Waals surface area (Å²) >= 11 is 0. The van der Waals surface area contributed by atoms with Gasteiger partial charge in [0.2, 0.25) is 0 Å². The lowest BCUT2D eigenvalue weighted by Crippen LogP contribution is -2.83. The fraction of sp³-hybridized carbons (Fsp3) is 0. The van der Waals surface area contributed by atoms with Crippen LogP contribution in [0.25, 0.3) is 0 Å². The Morgan fingerprint density at radius 3 is 0.727 bits per heavy atom. The molecule has 0 saturated carbocycles. The molecule has 0 heterocycles. The Kier molecular flexibility index (Phi) is 11.1. The van der Waals surface area contributed by atoms with Gasteiger partial charge in [0.15, 0.2) is 0 Å². The zero-order chi connectivity index (χ0) is 17.8. The summed E-state index contributed by atoms with van der Waals surface area (Å²) < 4.78 is 0. The molecule has 22 heteroatoms. The van der Waals surface area contributed by atoms with E-state index in [2.05, 4.69) is 0 Å². The fourth-order valence-corrected chi connectivity index (χ4v) is 3.08. The highest BCUT2D eigenvalue weighted by atomic mass is 13.3. The molecular formula is B22-2. The first-order valence-corrected chi connectivity index (χ1v) is 7.00. The number of hydrogen-bond acceptors (Lipinski definition) is 0. The van der Waals surface area contributed by atoms with Gasteiger partial charge in [-0.3, -0.25) is 0 Å². The van der Waals surface area contributed by atoms with Gasteiger partial charge >= 0.3 is 0 Å². The van der Waals surface area contributed by atoms with Crippen LogP contribution in [0.1, 0.15) is 0 Å². The third-order valence-electron chi connectivity index (χ3n) is 4.00. The second kappa shape index (κ2) is 10.4. The predicted molar refractivity (Wildman–Crippen MR) is 127 cm³/mol. The van der Waals surface area contributed by atoms with Crippen LogP contribution in [0.2, 0.25) is 0 Å². The second-order valence-electron chi connectivity index (χ2n) is 5.77. The molecule has 22 heavy (non-hydrogen) atoms. The van der Waals surface area contributed by atoms with Crippen molar-refractivity contribution in [1.82, 2.24) is 0 Å². The van der Waals surface area contributed by atoms with E-state index in [1.807, 2.05) is 0 Å². The van der Waals surface area contributed by atoms with E-state index in [0.29, 0.717) is 0 Å². The lowest BCUT2D eigenvalue weighted by molar-refractivity contribution is 3.31. The van der Waals surface area contributed by atoms with Crippen molar-refractivity contribution < 1.29 is 0 Å². The molecule has 0 rings (SSSR count). The zero-order valence-corrected chi connectivity index (χ0v) is 12.7. The Morgan fingerprint density at radius 2 is 0.591 bits per heavy atom. The average molecular weight is 238 g/mol. The molecule has 0 aliphatic heterocycles. The largest absolute Gasteiger partial charge is 0.729 e. The quantitative estimate of drug-likeness (QED) is 0.350. The summed E-state index contributed by atoms with van der Waals surface area (Å²) in [5.74, 6) is 0. The van der Waals surface area contributed by atoms with Crippen LogP contribution in [0.3, 0.4) is 0 Å². The molecule has 0 saturated heterocycles. The highest BCUT2D eigenvalue weighted by Crippen LogP contribution is 2.08. The van der Waals surface area contributed by atoms with Gasteiger partial charge in [-0.15, -0.1) is 0 Å². The van der Waals surface area contributed by atoms with E-state index in [0.717, 1.165) is 0 Å². The molecule has 0 bridgehead atoms. The minimum absolute atomic E-state index is 0.667. The molecule has 0 nitrogen and oxygen atoms in total. The Bertz CT molecular complexity index is 211. The highest BCUT2D eigenvalue weighted by Gasteiger charge is 2.43. The van der Waals surface area contributed by atoms with Gasteiger partial charge in [-0.1, -0.05) is 6.39 Å². The molecule has 0 aromatic rings. The van der Waals surface area contributed by atoms with Crippen LogP contribution in [0.15, 0.2) is 0 Å². The smallest absolute Gasteiger partial charge is 0.0000000243 e. The van der Waals surface area contributed by atoms with E-state index in [-0.39, 0.29) is 0 Å². The van der Waals surface area contributed by atoms with Gasteiger partial charge in [0.1, 0.15) is 0 Å². The molecule has 0 aliphatic carbocycles. The molecule has 0 spiro atoms. The molecule has 68 valence electrons. The van der Waals surface area contributed by atoms with E-state index in [4.69, 9.17) is 92.8 Å². The van der Waals surface area contributed by atoms with Crippen molar-refractivity contribution in [3.05, 3.63) is 0 Å². The van der Waals surface area contributed by atoms with Crippen molar-refractivity contribution >= 4 is 157 Å². The van der Waals surface area contributed by atoms with Crippen LogP contribution in [0.4, 0.5) is 0 Å². The Hall–Kier alpha value is 1.43. The first kappa shape index (κ1) is 23.4. The monoisotopic (exact) mass is 242 g/mol. The van der Waals surface area contributed by atoms with Crippen molar-refractivity contribution in [3.8, 4) is 0 Å². The SMILES string of the molecule is [B]B([B])B(B([B])[B])B(B(B([B])[B])B([B])[B])B(B([B])[B])B([B-])[B-]. The van der Waals surface area contributed by atoms with E-state index in [9.17, 15) is 0 Å². The van der Waals surface area contributed by atoms with Crippen LogP contribution in [0.5, 0.6) is 0 Å². The van der Waals surface area contributed by atoms with Crippen molar-refractivity contribution in [2.75, 3.05) is 0 Å². The summed E-state index contributed by atoms with van der Waals surface area (Å²) in [4.78, 5) is 0. The maximum absolute atomic E-state index is 5.81. The van der Waals surface area contributed by atoms with E-state index >= 15 is 0 Å². The maximum atomic E-state index is 5.81. The normalized spacial score (nSPS) is 9.36. The van der Waals surface area contributed by atoms with E-state index in [1.165, 1.54) is 0 Å². The molecule has 0 aromatic carbocycles. The van der Waals surface area contributed by atoms with Crippen molar-refractivity contribution in [3.63, 3.8) is 0 Å². The van der Waals surface area contributed by atoms with Crippen molar-refractivity contribution in [2.24, 2.45) is 0 Å². The molecular weight excluding hydrogens is 238 g/mol. The lowest BCUT2D eigenvalue weighted by Gasteiger charge is -2.54. The molecule has 0 unspecified atom stereocenters. The van der Waals surface area contributed by atoms with Gasteiger partial charge in [0.05, 0.1) is 0 Å². The Labute approximate surface area is 156 Å². The van der Waals surface area contributed by atoms with Crippen LogP contribution >= 0.6 is 0 Å². The van der Waals surface area contributed by atoms with Gasteiger partial charge < -0.3 is 21.9 Å². The minimum atomic E-state index is -0.926. The lowest BCUT2D eigenvalue weighted by atomic mass is 8.36. The summed E-state index contributed by atoms with van der Waals surface area (Å²) in [7, 11) is 69.7. The predicted octanol–water partition coefficient (Wildman–Crippen LogP) is -8.38. The Balaban J connectivity index is 6.03. The maximum Gasteiger partial charge on any atom is -0.0000000243 e. The molecule has 0 aliphatic rings. The van der Waals surface area contributed by atoms with Gasteiger partial charge in [-0.2, -0.15) is 0 Å². The summed E-state index contributed by atoms with van der Waals surface area (Å²) in [6.45, 7) is 0. The van der Waals surface area contributed by atoms with Gasteiger partial charge in [-0.05, 0) is 128 Å². The molecule has 0 fully saturated rings. The molecule has 0 atom stereocenters. The van der Waals surface area contributed by atoms with E-state index < -0.39 is 63.9 Å². The highest BCUT2D eigenvalue weighted by molar-refractivity contribution is 8.22. The van der Waals surface area contributed by atoms with Crippen molar-refractivity contribution in [1.29, 1.82) is 0 Å². The van der Waals surface area contributed by atoms with Crippen LogP contribution < -0.4 is 0 Å². The zero-order valence-electron chi connectivity index (χ0n) is 12.7. The molecule has 0 aromatic heterocycles. The summed E-state index contributed by atoms with van der Waals surface area (Å²) in [6.07, 6.45) is -8.34. The molecule has 26 radical (unpaired) electrons. The summed E-state index contributed by atoms with van der Waals surface area (Å²) in [5.41, 5.74) is 0. The first-order chi connectivity index (χ1) is 9.93. The average Bonchev–Trinajstić information content (AvgIpc) is 2.24. The first-order valence-electron chi connectivity index (χ1n) is 7.00. The number of rotatable bonds is 9. The number of hydrogen-bond donors (Lipinski definition) is 0. The molecule has 0 N–H and O–H groups in total. The van der Waals surface area contributed by atoms with Gasteiger partial charge in [0, 0.05) is 0 Å². The second-order valence-corrected chi connectivity index (χ2v) is 5.77. The van der Waals surface area contributed by atoms with Crippen LogP contribution in [-0.2, 0) is 0 Å². The van der Waals surface area contributed by atoms with Crippen LogP contribution in [-0.4, -0.2) is 157 Å². The van der Waals surface area contributed by atoms with Crippen LogP contribution in [0, 0.1) is 0 Å². The summed E-state index contributed by atoms with van der Waals surface area (Å²) in [5, 5.41) is 0. The third-order valence-corrected chi connectivity index (χ3v) is 4.00. The van der Waals surface area contributed by atoms with Gasteiger partial charge in [0.25, 0.3) is 0 Å². The van der Waals surface area contributed by atoms with Gasteiger partial charge in [-0.25, -0.2) is 0 Å². The standard InChI is InChI=1S/B22/c1-13(2)19(14(3)4)22(20(15(5)6)16(7)8)21(17(9)10)18(11)12/q-2. The van der Waals surface area contributed by atoms with Crippen molar-refractivity contribution in [2.45, 2.75) is 0 Å². The summed E-state index contributed by atoms with van der Waals surface area (Å²) in [6, 6.07) is 0. The fourth-order valence-electron chi connectivity index (χ4n) is 3.08. The minimum Gasteiger partial charge on any atom is -0.729 e. The third kappa shape index (κ3) is 6.38. The molecule has 0 amide bonds.